The van der Waals surface area contributed by atoms with E-state index in [4.69, 9.17) is 4.74 Å². The van der Waals surface area contributed by atoms with E-state index in [2.05, 4.69) is 19.1 Å². The van der Waals surface area contributed by atoms with E-state index in [-0.39, 0.29) is 5.92 Å². The van der Waals surface area contributed by atoms with Crippen LogP contribution in [0.5, 0.6) is 5.75 Å². The van der Waals surface area contributed by atoms with Gasteiger partial charge in [-0.25, -0.2) is 0 Å². The van der Waals surface area contributed by atoms with Crippen molar-refractivity contribution in [3.63, 3.8) is 0 Å². The van der Waals surface area contributed by atoms with E-state index in [0.717, 1.165) is 24.6 Å². The van der Waals surface area contributed by atoms with Gasteiger partial charge in [0.15, 0.2) is 0 Å². The van der Waals surface area contributed by atoms with E-state index in [1.165, 1.54) is 18.4 Å². The highest BCUT2D eigenvalue weighted by Crippen LogP contribution is 2.30. The van der Waals surface area contributed by atoms with Crippen LogP contribution in [-0.2, 0) is 4.79 Å². The highest BCUT2D eigenvalue weighted by molar-refractivity contribution is 5.51. The maximum Gasteiger partial charge on any atom is 0.120 e. The van der Waals surface area contributed by atoms with E-state index in [1.54, 1.807) is 0 Å². The van der Waals surface area contributed by atoms with Gasteiger partial charge < -0.3 is 9.53 Å². The summed E-state index contributed by atoms with van der Waals surface area (Å²) in [4.78, 5) is 10.5. The number of ether oxygens (including phenoxy) is 1. The second kappa shape index (κ2) is 5.15. The van der Waals surface area contributed by atoms with Crippen molar-refractivity contribution < 1.29 is 9.53 Å². The van der Waals surface area contributed by atoms with Crippen molar-refractivity contribution in [2.24, 2.45) is 5.92 Å². The van der Waals surface area contributed by atoms with Crippen molar-refractivity contribution in [2.75, 3.05) is 6.61 Å². The number of hydrogen-bond donors (Lipinski definition) is 0. The fourth-order valence-electron chi connectivity index (χ4n) is 1.69. The lowest BCUT2D eigenvalue weighted by Gasteiger charge is -2.11. The fraction of sp³-hybridized carbons (Fsp3) is 0.500. The molecule has 0 amide bonds. The van der Waals surface area contributed by atoms with Gasteiger partial charge in [-0.15, -0.1) is 0 Å². The number of hydrogen-bond acceptors (Lipinski definition) is 2. The molecule has 0 radical (unpaired) electrons. The minimum Gasteiger partial charge on any atom is -0.493 e. The average molecular weight is 218 g/mol. The van der Waals surface area contributed by atoms with E-state index in [1.807, 2.05) is 12.1 Å². The van der Waals surface area contributed by atoms with Crippen LogP contribution in [0.3, 0.4) is 0 Å². The normalized spacial score (nSPS) is 16.8. The summed E-state index contributed by atoms with van der Waals surface area (Å²) in [6.45, 7) is 2.90. The topological polar surface area (TPSA) is 26.3 Å². The van der Waals surface area contributed by atoms with Crippen molar-refractivity contribution in [3.8, 4) is 5.75 Å². The van der Waals surface area contributed by atoms with Gasteiger partial charge in [0.05, 0.1) is 6.61 Å². The third-order valence-electron chi connectivity index (χ3n) is 3.06. The molecule has 0 N–H and O–H groups in total. The Bertz CT molecular complexity index is 356. The molecule has 2 nitrogen and oxygen atoms in total. The SMILES string of the molecule is CC(CC=O)c1cccc(OCC2CC2)c1. The van der Waals surface area contributed by atoms with Gasteiger partial charge in [0, 0.05) is 6.42 Å². The third-order valence-corrected chi connectivity index (χ3v) is 3.06. The molecule has 1 aliphatic carbocycles. The monoisotopic (exact) mass is 218 g/mol. The number of carbonyl (C=O) groups is 1. The van der Waals surface area contributed by atoms with Crippen LogP contribution in [0.2, 0.25) is 0 Å². The van der Waals surface area contributed by atoms with E-state index >= 15 is 0 Å². The van der Waals surface area contributed by atoms with Crippen molar-refractivity contribution in [2.45, 2.75) is 32.1 Å². The number of carbonyl (C=O) groups excluding carboxylic acids is 1. The molecule has 0 aromatic heterocycles. The zero-order valence-electron chi connectivity index (χ0n) is 9.69. The zero-order valence-corrected chi connectivity index (χ0v) is 9.69. The Morgan fingerprint density at radius 3 is 3.00 bits per heavy atom. The molecule has 1 fully saturated rings. The summed E-state index contributed by atoms with van der Waals surface area (Å²) in [5, 5.41) is 0. The molecule has 2 rings (SSSR count). The average Bonchev–Trinajstić information content (AvgIpc) is 3.11. The number of rotatable bonds is 6. The summed E-state index contributed by atoms with van der Waals surface area (Å²) >= 11 is 0. The molecule has 1 saturated carbocycles. The quantitative estimate of drug-likeness (QED) is 0.685. The van der Waals surface area contributed by atoms with Gasteiger partial charge in [-0.2, -0.15) is 0 Å². The van der Waals surface area contributed by atoms with Crippen molar-refractivity contribution in [1.82, 2.24) is 0 Å². The first-order valence-corrected chi connectivity index (χ1v) is 5.96. The Kier molecular flexibility index (Phi) is 3.60. The molecule has 2 heteroatoms. The highest BCUT2D eigenvalue weighted by Gasteiger charge is 2.21. The summed E-state index contributed by atoms with van der Waals surface area (Å²) < 4.78 is 5.71. The Labute approximate surface area is 96.6 Å². The standard InChI is InChI=1S/C14H18O2/c1-11(7-8-15)13-3-2-4-14(9-13)16-10-12-5-6-12/h2-4,8-9,11-12H,5-7,10H2,1H3. The van der Waals surface area contributed by atoms with Gasteiger partial charge in [0.1, 0.15) is 12.0 Å². The molecule has 0 saturated heterocycles. The molecule has 0 bridgehead atoms. The minimum atomic E-state index is 0.280. The van der Waals surface area contributed by atoms with Crippen LogP contribution in [0.1, 0.15) is 37.7 Å². The molecule has 86 valence electrons. The molecule has 1 aliphatic rings. The Hall–Kier alpha value is -1.31. The first-order chi connectivity index (χ1) is 7.79. The second-order valence-corrected chi connectivity index (χ2v) is 4.63. The van der Waals surface area contributed by atoms with Crippen LogP contribution >= 0.6 is 0 Å². The Morgan fingerprint density at radius 1 is 1.50 bits per heavy atom. The third kappa shape index (κ3) is 3.09. The van der Waals surface area contributed by atoms with Crippen molar-refractivity contribution in [1.29, 1.82) is 0 Å². The number of benzene rings is 1. The predicted molar refractivity (Wildman–Crippen MR) is 63.8 cm³/mol. The van der Waals surface area contributed by atoms with Crippen LogP contribution in [0.4, 0.5) is 0 Å². The second-order valence-electron chi connectivity index (χ2n) is 4.63. The van der Waals surface area contributed by atoms with E-state index in [0.29, 0.717) is 6.42 Å². The first-order valence-electron chi connectivity index (χ1n) is 5.96. The van der Waals surface area contributed by atoms with Crippen LogP contribution in [-0.4, -0.2) is 12.9 Å². The first kappa shape index (κ1) is 11.2. The van der Waals surface area contributed by atoms with Gasteiger partial charge in [0.25, 0.3) is 0 Å². The lowest BCUT2D eigenvalue weighted by molar-refractivity contribution is -0.108. The van der Waals surface area contributed by atoms with Crippen molar-refractivity contribution in [3.05, 3.63) is 29.8 Å². The summed E-state index contributed by atoms with van der Waals surface area (Å²) in [6, 6.07) is 8.09. The largest absolute Gasteiger partial charge is 0.493 e. The van der Waals surface area contributed by atoms with Crippen molar-refractivity contribution >= 4 is 6.29 Å². The van der Waals surface area contributed by atoms with Gasteiger partial charge in [-0.3, -0.25) is 0 Å². The Morgan fingerprint density at radius 2 is 2.31 bits per heavy atom. The lowest BCUT2D eigenvalue weighted by Crippen LogP contribution is -2.00. The van der Waals surface area contributed by atoms with E-state index in [9.17, 15) is 4.79 Å². The molecule has 0 heterocycles. The molecular formula is C14H18O2. The predicted octanol–water partition coefficient (Wildman–Crippen LogP) is 3.17. The van der Waals surface area contributed by atoms with Crippen LogP contribution < -0.4 is 4.74 Å². The maximum absolute atomic E-state index is 10.5. The molecular weight excluding hydrogens is 200 g/mol. The van der Waals surface area contributed by atoms with Crippen LogP contribution in [0.15, 0.2) is 24.3 Å². The van der Waals surface area contributed by atoms with Gasteiger partial charge in [-0.05, 0) is 42.4 Å². The van der Waals surface area contributed by atoms with Gasteiger partial charge in [0.2, 0.25) is 0 Å². The zero-order chi connectivity index (χ0) is 11.4. The maximum atomic E-state index is 10.5. The van der Waals surface area contributed by atoms with Gasteiger partial charge in [-0.1, -0.05) is 19.1 Å². The Balaban J connectivity index is 1.96. The smallest absolute Gasteiger partial charge is 0.120 e. The molecule has 1 unspecified atom stereocenters. The van der Waals surface area contributed by atoms with Crippen LogP contribution in [0.25, 0.3) is 0 Å². The molecule has 16 heavy (non-hydrogen) atoms. The van der Waals surface area contributed by atoms with Gasteiger partial charge >= 0.3 is 0 Å². The summed E-state index contributed by atoms with van der Waals surface area (Å²) in [6.07, 6.45) is 4.16. The molecule has 1 aromatic carbocycles. The van der Waals surface area contributed by atoms with E-state index < -0.39 is 0 Å². The fourth-order valence-corrected chi connectivity index (χ4v) is 1.69. The lowest BCUT2D eigenvalue weighted by atomic mass is 9.98. The number of aldehydes is 1. The summed E-state index contributed by atoms with van der Waals surface area (Å²) in [5.74, 6) is 1.99. The molecule has 0 aliphatic heterocycles. The molecule has 1 aromatic rings. The molecule has 1 atom stereocenters. The summed E-state index contributed by atoms with van der Waals surface area (Å²) in [7, 11) is 0. The molecule has 0 spiro atoms. The highest BCUT2D eigenvalue weighted by atomic mass is 16.5. The van der Waals surface area contributed by atoms with Crippen LogP contribution in [0, 0.1) is 5.92 Å². The summed E-state index contributed by atoms with van der Waals surface area (Å²) in [5.41, 5.74) is 1.18. The minimum absolute atomic E-state index is 0.280.